The Bertz CT molecular complexity index is 727. The van der Waals surface area contributed by atoms with Gasteiger partial charge in [0.15, 0.2) is 0 Å². The topological polar surface area (TPSA) is 49.4 Å². The van der Waals surface area contributed by atoms with Crippen molar-refractivity contribution in [2.24, 2.45) is 0 Å². The van der Waals surface area contributed by atoms with Crippen LogP contribution in [0, 0.1) is 6.92 Å². The molecule has 2 aromatic rings. The van der Waals surface area contributed by atoms with Gasteiger partial charge in [-0.15, -0.1) is 0 Å². The maximum atomic E-state index is 12.7. The highest BCUT2D eigenvalue weighted by Gasteiger charge is 2.23. The van der Waals surface area contributed by atoms with E-state index in [2.05, 4.69) is 5.32 Å². The van der Waals surface area contributed by atoms with Gasteiger partial charge in [-0.2, -0.15) is 4.31 Å². The van der Waals surface area contributed by atoms with Gasteiger partial charge in [0.05, 0.1) is 5.69 Å². The first-order valence-electron chi connectivity index (χ1n) is 6.74. The van der Waals surface area contributed by atoms with Crippen LogP contribution in [-0.2, 0) is 16.6 Å². The summed E-state index contributed by atoms with van der Waals surface area (Å²) < 4.78 is 26.8. The molecule has 21 heavy (non-hydrogen) atoms. The standard InChI is InChI=1S/C16H20N2O2S/c1-13-8-4-5-9-14(13)12-18(3)21(19,20)16-11-7-6-10-15(16)17-2/h4-11,17H,12H2,1-3H3. The molecule has 1 N–H and O–H groups in total. The lowest BCUT2D eigenvalue weighted by Crippen LogP contribution is -2.27. The van der Waals surface area contributed by atoms with E-state index in [9.17, 15) is 8.42 Å². The number of aryl methyl sites for hydroxylation is 1. The highest BCUT2D eigenvalue weighted by atomic mass is 32.2. The number of sulfonamides is 1. The first kappa shape index (κ1) is 15.5. The molecular weight excluding hydrogens is 284 g/mol. The molecule has 112 valence electrons. The molecule has 0 aliphatic carbocycles. The van der Waals surface area contributed by atoms with Gasteiger partial charge in [0, 0.05) is 20.6 Å². The van der Waals surface area contributed by atoms with Gasteiger partial charge in [-0.05, 0) is 30.2 Å². The second-order valence-electron chi connectivity index (χ2n) is 4.93. The molecule has 0 aromatic heterocycles. The highest BCUT2D eigenvalue weighted by Crippen LogP contribution is 2.24. The van der Waals surface area contributed by atoms with Crippen LogP contribution in [0.15, 0.2) is 53.4 Å². The smallest absolute Gasteiger partial charge is 0.245 e. The van der Waals surface area contributed by atoms with E-state index in [0.717, 1.165) is 11.1 Å². The molecule has 2 aromatic carbocycles. The Morgan fingerprint density at radius 3 is 2.33 bits per heavy atom. The predicted octanol–water partition coefficient (Wildman–Crippen LogP) is 2.86. The summed E-state index contributed by atoms with van der Waals surface area (Å²) in [5.41, 5.74) is 2.70. The Morgan fingerprint density at radius 1 is 1.05 bits per heavy atom. The van der Waals surface area contributed by atoms with Crippen molar-refractivity contribution < 1.29 is 8.42 Å². The molecule has 0 fully saturated rings. The molecule has 0 atom stereocenters. The molecular formula is C16H20N2O2S. The van der Waals surface area contributed by atoms with Crippen molar-refractivity contribution in [1.29, 1.82) is 0 Å². The third-order valence-electron chi connectivity index (χ3n) is 3.50. The zero-order valence-electron chi connectivity index (χ0n) is 12.5. The van der Waals surface area contributed by atoms with E-state index in [-0.39, 0.29) is 0 Å². The normalized spacial score (nSPS) is 11.6. The summed E-state index contributed by atoms with van der Waals surface area (Å²) in [5.74, 6) is 0. The zero-order valence-corrected chi connectivity index (χ0v) is 13.3. The Balaban J connectivity index is 2.33. The number of nitrogens with one attached hydrogen (secondary N) is 1. The molecule has 0 heterocycles. The number of nitrogens with zero attached hydrogens (tertiary/aromatic N) is 1. The minimum Gasteiger partial charge on any atom is -0.387 e. The molecule has 0 amide bonds. The van der Waals surface area contributed by atoms with E-state index < -0.39 is 10.0 Å². The summed E-state index contributed by atoms with van der Waals surface area (Å²) in [7, 11) is -0.203. The van der Waals surface area contributed by atoms with E-state index in [1.807, 2.05) is 37.3 Å². The van der Waals surface area contributed by atoms with Crippen molar-refractivity contribution >= 4 is 15.7 Å². The van der Waals surface area contributed by atoms with Crippen LogP contribution in [0.5, 0.6) is 0 Å². The molecule has 0 spiro atoms. The molecule has 0 aliphatic rings. The third kappa shape index (κ3) is 3.25. The number of rotatable bonds is 5. The SMILES string of the molecule is CNc1ccccc1S(=O)(=O)N(C)Cc1ccccc1C. The van der Waals surface area contributed by atoms with Crippen LogP contribution in [0.2, 0.25) is 0 Å². The van der Waals surface area contributed by atoms with Crippen molar-refractivity contribution in [2.75, 3.05) is 19.4 Å². The monoisotopic (exact) mass is 304 g/mol. The molecule has 2 rings (SSSR count). The minimum atomic E-state index is -3.53. The van der Waals surface area contributed by atoms with Crippen LogP contribution < -0.4 is 5.32 Å². The summed E-state index contributed by atoms with van der Waals surface area (Å²) in [4.78, 5) is 0.295. The Morgan fingerprint density at radius 2 is 1.67 bits per heavy atom. The maximum Gasteiger partial charge on any atom is 0.245 e. The Hall–Kier alpha value is -1.85. The largest absolute Gasteiger partial charge is 0.387 e. The van der Waals surface area contributed by atoms with Gasteiger partial charge in [-0.25, -0.2) is 8.42 Å². The van der Waals surface area contributed by atoms with Crippen LogP contribution >= 0.6 is 0 Å². The van der Waals surface area contributed by atoms with Crippen molar-refractivity contribution in [1.82, 2.24) is 4.31 Å². The second-order valence-corrected chi connectivity index (χ2v) is 6.95. The summed E-state index contributed by atoms with van der Waals surface area (Å²) in [6.07, 6.45) is 0. The van der Waals surface area contributed by atoms with Crippen LogP contribution in [0.1, 0.15) is 11.1 Å². The van der Waals surface area contributed by atoms with Crippen molar-refractivity contribution in [3.05, 3.63) is 59.7 Å². The molecule has 4 nitrogen and oxygen atoms in total. The average molecular weight is 304 g/mol. The van der Waals surface area contributed by atoms with Crippen molar-refractivity contribution in [3.8, 4) is 0 Å². The van der Waals surface area contributed by atoms with E-state index in [0.29, 0.717) is 17.1 Å². The molecule has 0 radical (unpaired) electrons. The van der Waals surface area contributed by atoms with E-state index in [4.69, 9.17) is 0 Å². The highest BCUT2D eigenvalue weighted by molar-refractivity contribution is 7.89. The van der Waals surface area contributed by atoms with Gasteiger partial charge in [-0.3, -0.25) is 0 Å². The van der Waals surface area contributed by atoms with Crippen molar-refractivity contribution in [2.45, 2.75) is 18.4 Å². The van der Waals surface area contributed by atoms with Crippen LogP contribution in [0.3, 0.4) is 0 Å². The molecule has 0 saturated heterocycles. The molecule has 5 heteroatoms. The number of para-hydroxylation sites is 1. The predicted molar refractivity (Wildman–Crippen MR) is 85.8 cm³/mol. The zero-order chi connectivity index (χ0) is 15.5. The molecule has 0 aliphatic heterocycles. The van der Waals surface area contributed by atoms with Crippen molar-refractivity contribution in [3.63, 3.8) is 0 Å². The quantitative estimate of drug-likeness (QED) is 0.924. The van der Waals surface area contributed by atoms with E-state index in [1.165, 1.54) is 4.31 Å². The van der Waals surface area contributed by atoms with Gasteiger partial charge in [0.1, 0.15) is 4.90 Å². The first-order chi connectivity index (χ1) is 9.96. The van der Waals surface area contributed by atoms with E-state index in [1.54, 1.807) is 32.3 Å². The van der Waals surface area contributed by atoms with Gasteiger partial charge in [-0.1, -0.05) is 36.4 Å². The summed E-state index contributed by atoms with van der Waals surface area (Å²) in [5, 5.41) is 2.93. The van der Waals surface area contributed by atoms with Gasteiger partial charge < -0.3 is 5.32 Å². The summed E-state index contributed by atoms with van der Waals surface area (Å²) in [6.45, 7) is 2.34. The lowest BCUT2D eigenvalue weighted by atomic mass is 10.1. The van der Waals surface area contributed by atoms with Gasteiger partial charge >= 0.3 is 0 Å². The minimum absolute atomic E-state index is 0.295. The maximum absolute atomic E-state index is 12.7. The fourth-order valence-corrected chi connectivity index (χ4v) is 3.52. The molecule has 0 saturated carbocycles. The van der Waals surface area contributed by atoms with Crippen LogP contribution in [-0.4, -0.2) is 26.8 Å². The summed E-state index contributed by atoms with van der Waals surface area (Å²) >= 11 is 0. The molecule has 0 unspecified atom stereocenters. The Kier molecular flexibility index (Phi) is 4.65. The second kappa shape index (κ2) is 6.28. The van der Waals surface area contributed by atoms with Crippen LogP contribution in [0.4, 0.5) is 5.69 Å². The van der Waals surface area contributed by atoms with Gasteiger partial charge in [0.25, 0.3) is 0 Å². The molecule has 0 bridgehead atoms. The lowest BCUT2D eigenvalue weighted by Gasteiger charge is -2.20. The lowest BCUT2D eigenvalue weighted by molar-refractivity contribution is 0.466. The van der Waals surface area contributed by atoms with E-state index >= 15 is 0 Å². The number of benzene rings is 2. The average Bonchev–Trinajstić information content (AvgIpc) is 2.49. The number of anilines is 1. The number of hydrogen-bond donors (Lipinski definition) is 1. The third-order valence-corrected chi connectivity index (χ3v) is 5.36. The Labute approximate surface area is 126 Å². The van der Waals surface area contributed by atoms with Crippen LogP contribution in [0.25, 0.3) is 0 Å². The summed E-state index contributed by atoms with van der Waals surface area (Å²) in [6, 6.07) is 14.7. The fourth-order valence-electron chi connectivity index (χ4n) is 2.18. The van der Waals surface area contributed by atoms with Gasteiger partial charge in [0.2, 0.25) is 10.0 Å². The first-order valence-corrected chi connectivity index (χ1v) is 8.18. The fraction of sp³-hybridized carbons (Fsp3) is 0.250. The number of hydrogen-bond acceptors (Lipinski definition) is 3.